The van der Waals surface area contributed by atoms with E-state index in [0.717, 1.165) is 0 Å². The molecule has 1 nitrogen and oxygen atoms in total. The fourth-order valence-electron chi connectivity index (χ4n) is 0.981. The number of nitrogens with one attached hydrogen (secondary N) is 1. The zero-order valence-electron chi connectivity index (χ0n) is 7.74. The van der Waals surface area contributed by atoms with E-state index in [-0.39, 0.29) is 10.0 Å². The van der Waals surface area contributed by atoms with Gasteiger partial charge in [-0.25, -0.2) is 4.39 Å². The first-order chi connectivity index (χ1) is 7.15. The average molecular weight is 269 g/mol. The third kappa shape index (κ3) is 3.90. The maximum absolute atomic E-state index is 13.0. The quantitative estimate of drug-likeness (QED) is 0.487. The van der Waals surface area contributed by atoms with Crippen molar-refractivity contribution in [2.75, 3.05) is 17.7 Å². The average Bonchev–Trinajstić information content (AvgIpc) is 2.21. The summed E-state index contributed by atoms with van der Waals surface area (Å²) in [6, 6.07) is 2.97. The molecule has 1 aromatic carbocycles. The van der Waals surface area contributed by atoms with E-state index in [1.165, 1.54) is 12.1 Å². The lowest BCUT2D eigenvalue weighted by atomic mass is 10.3. The molecule has 0 spiro atoms. The number of hydrogen-bond donors (Lipinski definition) is 1. The van der Waals surface area contributed by atoms with Gasteiger partial charge in [0.05, 0.1) is 10.0 Å². The van der Waals surface area contributed by atoms with E-state index in [2.05, 4.69) is 5.32 Å². The molecule has 0 radical (unpaired) electrons. The van der Waals surface area contributed by atoms with Gasteiger partial charge in [0.2, 0.25) is 0 Å². The van der Waals surface area contributed by atoms with E-state index in [4.69, 9.17) is 34.8 Å². The molecule has 0 saturated heterocycles. The van der Waals surface area contributed by atoms with Gasteiger partial charge in [0.25, 0.3) is 0 Å². The van der Waals surface area contributed by atoms with Gasteiger partial charge in [0, 0.05) is 18.1 Å². The van der Waals surface area contributed by atoms with Crippen LogP contribution in [0.3, 0.4) is 0 Å². The van der Waals surface area contributed by atoms with Crippen molar-refractivity contribution in [3.05, 3.63) is 40.1 Å². The molecule has 0 saturated carbocycles. The Hall–Kier alpha value is -0.440. The Morgan fingerprint density at radius 2 is 1.80 bits per heavy atom. The van der Waals surface area contributed by atoms with E-state index in [0.29, 0.717) is 18.1 Å². The third-order valence-corrected chi connectivity index (χ3v) is 2.39. The zero-order valence-corrected chi connectivity index (χ0v) is 10.0. The maximum Gasteiger partial charge on any atom is 0.160 e. The number of benzene rings is 1. The van der Waals surface area contributed by atoms with Crippen LogP contribution in [0.15, 0.2) is 24.3 Å². The molecule has 1 rings (SSSR count). The van der Waals surface area contributed by atoms with Gasteiger partial charge in [0.15, 0.2) is 5.82 Å². The lowest BCUT2D eigenvalue weighted by Gasteiger charge is -2.05. The summed E-state index contributed by atoms with van der Waals surface area (Å²) < 4.78 is 13.0. The van der Waals surface area contributed by atoms with Crippen LogP contribution in [-0.4, -0.2) is 12.4 Å². The van der Waals surface area contributed by atoms with E-state index in [1.807, 2.05) is 6.08 Å². The summed E-state index contributed by atoms with van der Waals surface area (Å²) >= 11 is 16.7. The molecule has 0 heterocycles. The van der Waals surface area contributed by atoms with Crippen LogP contribution in [-0.2, 0) is 0 Å². The SMILES string of the molecule is Fc1c(Cl)cc(NC/C=C/CCl)cc1Cl. The molecule has 0 aliphatic carbocycles. The van der Waals surface area contributed by atoms with Crippen molar-refractivity contribution in [1.29, 1.82) is 0 Å². The molecule has 1 aromatic rings. The first-order valence-electron chi connectivity index (χ1n) is 4.24. The van der Waals surface area contributed by atoms with Crippen molar-refractivity contribution in [3.8, 4) is 0 Å². The molecule has 15 heavy (non-hydrogen) atoms. The highest BCUT2D eigenvalue weighted by atomic mass is 35.5. The monoisotopic (exact) mass is 267 g/mol. The topological polar surface area (TPSA) is 12.0 Å². The molecular formula is C10H9Cl3FN. The Kier molecular flexibility index (Phi) is 5.23. The smallest absolute Gasteiger partial charge is 0.160 e. The van der Waals surface area contributed by atoms with Gasteiger partial charge in [-0.2, -0.15) is 0 Å². The Labute approximate surface area is 103 Å². The van der Waals surface area contributed by atoms with Gasteiger partial charge in [-0.05, 0) is 12.1 Å². The summed E-state index contributed by atoms with van der Waals surface area (Å²) in [4.78, 5) is 0. The minimum atomic E-state index is -0.597. The number of halogens is 4. The van der Waals surface area contributed by atoms with Crippen molar-refractivity contribution >= 4 is 40.5 Å². The predicted molar refractivity (Wildman–Crippen MR) is 64.8 cm³/mol. The molecule has 82 valence electrons. The molecular weight excluding hydrogens is 259 g/mol. The highest BCUT2D eigenvalue weighted by Crippen LogP contribution is 2.27. The van der Waals surface area contributed by atoms with Crippen LogP contribution in [0.1, 0.15) is 0 Å². The molecule has 0 atom stereocenters. The normalized spacial score (nSPS) is 10.9. The molecule has 0 fully saturated rings. The molecule has 0 unspecified atom stereocenters. The fraction of sp³-hybridized carbons (Fsp3) is 0.200. The van der Waals surface area contributed by atoms with Crippen LogP contribution in [0.25, 0.3) is 0 Å². The van der Waals surface area contributed by atoms with Crippen molar-refractivity contribution in [3.63, 3.8) is 0 Å². The van der Waals surface area contributed by atoms with Gasteiger partial charge in [-0.15, -0.1) is 11.6 Å². The summed E-state index contributed by atoms with van der Waals surface area (Å²) in [6.45, 7) is 0.588. The Bertz CT molecular complexity index is 343. The predicted octanol–water partition coefficient (Wildman–Crippen LogP) is 4.34. The van der Waals surface area contributed by atoms with E-state index >= 15 is 0 Å². The summed E-state index contributed by atoms with van der Waals surface area (Å²) in [5, 5.41) is 3.02. The number of rotatable bonds is 4. The van der Waals surface area contributed by atoms with Crippen molar-refractivity contribution in [1.82, 2.24) is 0 Å². The summed E-state index contributed by atoms with van der Waals surface area (Å²) in [5.74, 6) is -0.132. The van der Waals surface area contributed by atoms with Crippen LogP contribution in [0.2, 0.25) is 10.0 Å². The van der Waals surface area contributed by atoms with Crippen LogP contribution < -0.4 is 5.32 Å². The van der Waals surface area contributed by atoms with Gasteiger partial charge < -0.3 is 5.32 Å². The Morgan fingerprint density at radius 3 is 2.33 bits per heavy atom. The highest BCUT2D eigenvalue weighted by molar-refractivity contribution is 6.35. The molecule has 1 N–H and O–H groups in total. The number of alkyl halides is 1. The van der Waals surface area contributed by atoms with Crippen molar-refractivity contribution < 1.29 is 4.39 Å². The van der Waals surface area contributed by atoms with Crippen molar-refractivity contribution in [2.24, 2.45) is 0 Å². The Balaban J connectivity index is 2.66. The molecule has 0 amide bonds. The lowest BCUT2D eigenvalue weighted by Crippen LogP contribution is -1.98. The summed E-state index contributed by atoms with van der Waals surface area (Å²) in [5.41, 5.74) is 0.672. The number of anilines is 1. The Morgan fingerprint density at radius 1 is 1.20 bits per heavy atom. The zero-order chi connectivity index (χ0) is 11.3. The van der Waals surface area contributed by atoms with E-state index in [9.17, 15) is 4.39 Å². The van der Waals surface area contributed by atoms with Crippen LogP contribution in [0.4, 0.5) is 10.1 Å². The number of allylic oxidation sites excluding steroid dienone is 1. The van der Waals surface area contributed by atoms with Crippen LogP contribution >= 0.6 is 34.8 Å². The van der Waals surface area contributed by atoms with Gasteiger partial charge in [-0.3, -0.25) is 0 Å². The van der Waals surface area contributed by atoms with E-state index in [1.54, 1.807) is 6.08 Å². The van der Waals surface area contributed by atoms with Gasteiger partial charge in [0.1, 0.15) is 0 Å². The molecule has 0 aliphatic rings. The summed E-state index contributed by atoms with van der Waals surface area (Å²) in [6.07, 6.45) is 3.67. The standard InChI is InChI=1S/C10H9Cl3FN/c11-3-1-2-4-15-7-5-8(12)10(14)9(13)6-7/h1-2,5-6,15H,3-4H2/b2-1+. The summed E-state index contributed by atoms with van der Waals surface area (Å²) in [7, 11) is 0. The first kappa shape index (κ1) is 12.6. The molecule has 0 bridgehead atoms. The second-order valence-electron chi connectivity index (χ2n) is 2.76. The van der Waals surface area contributed by atoms with Gasteiger partial charge >= 0.3 is 0 Å². The van der Waals surface area contributed by atoms with E-state index < -0.39 is 5.82 Å². The fourth-order valence-corrected chi connectivity index (χ4v) is 1.59. The first-order valence-corrected chi connectivity index (χ1v) is 5.53. The highest BCUT2D eigenvalue weighted by Gasteiger charge is 2.06. The molecule has 0 aromatic heterocycles. The maximum atomic E-state index is 13.0. The molecule has 0 aliphatic heterocycles. The number of hydrogen-bond acceptors (Lipinski definition) is 1. The third-order valence-electron chi connectivity index (χ3n) is 1.66. The second-order valence-corrected chi connectivity index (χ2v) is 3.88. The lowest BCUT2D eigenvalue weighted by molar-refractivity contribution is 0.629. The molecule has 5 heteroatoms. The van der Waals surface area contributed by atoms with Crippen LogP contribution in [0.5, 0.6) is 0 Å². The minimum Gasteiger partial charge on any atom is -0.381 e. The van der Waals surface area contributed by atoms with Crippen molar-refractivity contribution in [2.45, 2.75) is 0 Å². The minimum absolute atomic E-state index is 0.00585. The van der Waals surface area contributed by atoms with Gasteiger partial charge in [-0.1, -0.05) is 35.4 Å². The second kappa shape index (κ2) is 6.21. The largest absolute Gasteiger partial charge is 0.381 e. The van der Waals surface area contributed by atoms with Crippen LogP contribution in [0, 0.1) is 5.82 Å².